The van der Waals surface area contributed by atoms with Crippen molar-refractivity contribution in [3.8, 4) is 11.5 Å². The number of rotatable bonds is 6. The molecule has 2 aromatic rings. The molecule has 1 aliphatic heterocycles. The normalized spacial score (nSPS) is 15.5. The van der Waals surface area contributed by atoms with Crippen LogP contribution in [0, 0.1) is 0 Å². The maximum Gasteiger partial charge on any atom is 0.343 e. The van der Waals surface area contributed by atoms with Crippen LogP contribution in [0.3, 0.4) is 0 Å². The van der Waals surface area contributed by atoms with Crippen LogP contribution >= 0.6 is 0 Å². The molecule has 0 fully saturated rings. The number of fused-ring (bicyclic) bond motifs is 1. The lowest BCUT2D eigenvalue weighted by Gasteiger charge is -2.12. The summed E-state index contributed by atoms with van der Waals surface area (Å²) in [6.45, 7) is 2.06. The quantitative estimate of drug-likeness (QED) is 0.592. The molecule has 0 saturated carbocycles. The van der Waals surface area contributed by atoms with Crippen LogP contribution in [0.1, 0.15) is 51.3 Å². The van der Waals surface area contributed by atoms with Gasteiger partial charge in [-0.3, -0.25) is 4.79 Å². The summed E-state index contributed by atoms with van der Waals surface area (Å²) in [5, 5.41) is 0. The molecule has 25 heavy (non-hydrogen) atoms. The minimum Gasteiger partial charge on any atom is -0.493 e. The van der Waals surface area contributed by atoms with Crippen molar-refractivity contribution < 1.29 is 23.8 Å². The Kier molecular flexibility index (Phi) is 4.74. The van der Waals surface area contributed by atoms with Crippen LogP contribution in [-0.4, -0.2) is 26.0 Å². The monoisotopic (exact) mass is 340 g/mol. The summed E-state index contributed by atoms with van der Waals surface area (Å²) in [6, 6.07) is 11.0. The fraction of sp³-hybridized carbons (Fsp3) is 0.300. The number of ether oxygens (including phenoxy) is 3. The first-order chi connectivity index (χ1) is 12.1. The second-order valence-electron chi connectivity index (χ2n) is 5.84. The molecule has 0 N–H and O–H groups in total. The second kappa shape index (κ2) is 6.97. The number of Topliss-reactive ketones (excluding diaryl/α,β-unsaturated/α-hetero) is 1. The summed E-state index contributed by atoms with van der Waals surface area (Å²) in [7, 11) is 2.98. The summed E-state index contributed by atoms with van der Waals surface area (Å²) in [6.07, 6.45) is 0.407. The van der Waals surface area contributed by atoms with Crippen molar-refractivity contribution in [2.24, 2.45) is 0 Å². The third kappa shape index (κ3) is 3.09. The van der Waals surface area contributed by atoms with Gasteiger partial charge < -0.3 is 14.2 Å². The van der Waals surface area contributed by atoms with Gasteiger partial charge in [-0.15, -0.1) is 0 Å². The van der Waals surface area contributed by atoms with Gasteiger partial charge in [0.1, 0.15) is 11.7 Å². The van der Waals surface area contributed by atoms with E-state index in [0.29, 0.717) is 28.2 Å². The molecule has 0 radical (unpaired) electrons. The summed E-state index contributed by atoms with van der Waals surface area (Å²) in [5.74, 6) is 0.237. The molecule has 2 aromatic carbocycles. The number of methoxy groups -OCH3 is 2. The Morgan fingerprint density at radius 2 is 1.80 bits per heavy atom. The number of aryl methyl sites for hydroxylation is 1. The van der Waals surface area contributed by atoms with E-state index in [2.05, 4.69) is 6.92 Å². The van der Waals surface area contributed by atoms with Crippen molar-refractivity contribution in [1.29, 1.82) is 0 Å². The van der Waals surface area contributed by atoms with E-state index in [0.717, 1.165) is 6.42 Å². The lowest BCUT2D eigenvalue weighted by atomic mass is 9.97. The van der Waals surface area contributed by atoms with E-state index in [1.54, 1.807) is 12.1 Å². The molecule has 0 bridgehead atoms. The first-order valence-electron chi connectivity index (χ1n) is 8.17. The highest BCUT2D eigenvalue weighted by Crippen LogP contribution is 2.43. The summed E-state index contributed by atoms with van der Waals surface area (Å²) >= 11 is 0. The number of carbonyl (C=O) groups is 2. The molecule has 0 spiro atoms. The van der Waals surface area contributed by atoms with Gasteiger partial charge >= 0.3 is 5.97 Å². The van der Waals surface area contributed by atoms with Gasteiger partial charge in [0.25, 0.3) is 0 Å². The highest BCUT2D eigenvalue weighted by Gasteiger charge is 2.36. The van der Waals surface area contributed by atoms with Crippen molar-refractivity contribution in [3.63, 3.8) is 0 Å². The first-order valence-corrected chi connectivity index (χ1v) is 8.17. The maximum absolute atomic E-state index is 12.5. The Labute approximate surface area is 146 Å². The largest absolute Gasteiger partial charge is 0.493 e. The smallest absolute Gasteiger partial charge is 0.343 e. The van der Waals surface area contributed by atoms with Crippen LogP contribution in [0.2, 0.25) is 0 Å². The zero-order chi connectivity index (χ0) is 18.0. The maximum atomic E-state index is 12.5. The number of benzene rings is 2. The topological polar surface area (TPSA) is 61.8 Å². The molecule has 130 valence electrons. The summed E-state index contributed by atoms with van der Waals surface area (Å²) in [5.41, 5.74) is 2.77. The molecule has 5 heteroatoms. The van der Waals surface area contributed by atoms with Crippen LogP contribution < -0.4 is 9.47 Å². The van der Waals surface area contributed by atoms with Crippen LogP contribution in [0.5, 0.6) is 11.5 Å². The first kappa shape index (κ1) is 17.0. The van der Waals surface area contributed by atoms with E-state index in [9.17, 15) is 9.59 Å². The second-order valence-corrected chi connectivity index (χ2v) is 5.84. The highest BCUT2D eigenvalue weighted by atomic mass is 16.6. The zero-order valence-electron chi connectivity index (χ0n) is 14.5. The van der Waals surface area contributed by atoms with E-state index >= 15 is 0 Å². The number of hydrogen-bond acceptors (Lipinski definition) is 5. The van der Waals surface area contributed by atoms with Crippen molar-refractivity contribution in [2.75, 3.05) is 14.2 Å². The standard InChI is InChI=1S/C20H20O5/c1-4-12-5-7-13(8-6-12)15(21)11-17-14-9-10-16(23-2)19(24-3)18(14)20(22)25-17/h5-10,17H,4,11H2,1-3H3. The van der Waals surface area contributed by atoms with Crippen LogP contribution in [0.4, 0.5) is 0 Å². The van der Waals surface area contributed by atoms with E-state index in [4.69, 9.17) is 14.2 Å². The SMILES string of the molecule is CCc1ccc(C(=O)CC2OC(=O)c3c2ccc(OC)c3OC)cc1. The van der Waals surface area contributed by atoms with Crippen molar-refractivity contribution >= 4 is 11.8 Å². The number of cyclic esters (lactones) is 1. The molecule has 0 aliphatic carbocycles. The van der Waals surface area contributed by atoms with Crippen molar-refractivity contribution in [3.05, 3.63) is 58.7 Å². The molecule has 0 aromatic heterocycles. The Morgan fingerprint density at radius 1 is 1.08 bits per heavy atom. The zero-order valence-corrected chi connectivity index (χ0v) is 14.5. The fourth-order valence-electron chi connectivity index (χ4n) is 3.04. The van der Waals surface area contributed by atoms with Crippen LogP contribution in [0.25, 0.3) is 0 Å². The number of ketones is 1. The molecule has 1 atom stereocenters. The molecule has 0 amide bonds. The third-order valence-corrected chi connectivity index (χ3v) is 4.43. The van der Waals surface area contributed by atoms with Gasteiger partial charge in [0.2, 0.25) is 0 Å². The van der Waals surface area contributed by atoms with Crippen molar-refractivity contribution in [2.45, 2.75) is 25.9 Å². The molecular weight excluding hydrogens is 320 g/mol. The Morgan fingerprint density at radius 3 is 2.40 bits per heavy atom. The van der Waals surface area contributed by atoms with E-state index < -0.39 is 12.1 Å². The molecule has 0 saturated heterocycles. The lowest BCUT2D eigenvalue weighted by Crippen LogP contribution is -2.07. The molecular formula is C20H20O5. The molecule has 3 rings (SSSR count). The van der Waals surface area contributed by atoms with E-state index in [1.807, 2.05) is 24.3 Å². The number of hydrogen-bond donors (Lipinski definition) is 0. The lowest BCUT2D eigenvalue weighted by molar-refractivity contribution is 0.0365. The Balaban J connectivity index is 1.86. The van der Waals surface area contributed by atoms with Gasteiger partial charge in [0.05, 0.1) is 20.6 Å². The predicted octanol–water partition coefficient (Wildman–Crippen LogP) is 3.75. The Bertz CT molecular complexity index is 808. The molecule has 1 aliphatic rings. The summed E-state index contributed by atoms with van der Waals surface area (Å²) in [4.78, 5) is 24.8. The van der Waals surface area contributed by atoms with Crippen molar-refractivity contribution in [1.82, 2.24) is 0 Å². The minimum atomic E-state index is -0.611. The summed E-state index contributed by atoms with van der Waals surface area (Å²) < 4.78 is 15.9. The van der Waals surface area contributed by atoms with Gasteiger partial charge in [-0.2, -0.15) is 0 Å². The van der Waals surface area contributed by atoms with E-state index in [1.165, 1.54) is 19.8 Å². The number of esters is 1. The van der Waals surface area contributed by atoms with Crippen LogP contribution in [-0.2, 0) is 11.2 Å². The molecule has 1 heterocycles. The third-order valence-electron chi connectivity index (χ3n) is 4.43. The van der Waals surface area contributed by atoms with Gasteiger partial charge in [0, 0.05) is 11.1 Å². The minimum absolute atomic E-state index is 0.0666. The van der Waals surface area contributed by atoms with E-state index in [-0.39, 0.29) is 12.2 Å². The number of carbonyl (C=O) groups excluding carboxylic acids is 2. The Hall–Kier alpha value is -2.82. The molecule has 5 nitrogen and oxygen atoms in total. The van der Waals surface area contributed by atoms with Gasteiger partial charge in [-0.25, -0.2) is 4.79 Å². The van der Waals surface area contributed by atoms with Gasteiger partial charge in [0.15, 0.2) is 17.3 Å². The predicted molar refractivity (Wildman–Crippen MR) is 92.5 cm³/mol. The van der Waals surface area contributed by atoms with Crippen LogP contribution in [0.15, 0.2) is 36.4 Å². The fourth-order valence-corrected chi connectivity index (χ4v) is 3.04. The average Bonchev–Trinajstić information content (AvgIpc) is 2.96. The van der Waals surface area contributed by atoms with Gasteiger partial charge in [-0.05, 0) is 18.1 Å². The highest BCUT2D eigenvalue weighted by molar-refractivity contribution is 6.00. The molecule has 1 unspecified atom stereocenters. The van der Waals surface area contributed by atoms with Gasteiger partial charge in [-0.1, -0.05) is 37.3 Å². The average molecular weight is 340 g/mol.